The number of hydrogen-bond acceptors (Lipinski definition) is 3. The number of aryl methyl sites for hydroxylation is 1. The van der Waals surface area contributed by atoms with E-state index in [-0.39, 0.29) is 22.5 Å². The van der Waals surface area contributed by atoms with Gasteiger partial charge in [0.2, 0.25) is 5.91 Å². The quantitative estimate of drug-likeness (QED) is 0.874. The minimum atomic E-state index is -0.605. The van der Waals surface area contributed by atoms with E-state index < -0.39 is 5.56 Å². The maximum atomic E-state index is 11.9. The second-order valence-electron chi connectivity index (χ2n) is 4.28. The minimum absolute atomic E-state index is 0.0573. The van der Waals surface area contributed by atoms with E-state index in [9.17, 15) is 9.59 Å². The molecule has 0 spiro atoms. The predicted molar refractivity (Wildman–Crippen MR) is 86.0 cm³/mol. The van der Waals surface area contributed by atoms with E-state index in [1.807, 2.05) is 19.1 Å². The van der Waals surface area contributed by atoms with Crippen LogP contribution in [0.3, 0.4) is 0 Å². The van der Waals surface area contributed by atoms with Crippen molar-refractivity contribution >= 4 is 50.7 Å². The lowest BCUT2D eigenvalue weighted by Crippen LogP contribution is -2.29. The topological polar surface area (TPSA) is 64.0 Å². The van der Waals surface area contributed by atoms with E-state index in [0.29, 0.717) is 5.69 Å². The Morgan fingerprint density at radius 1 is 1.43 bits per heavy atom. The first kappa shape index (κ1) is 16.0. The zero-order chi connectivity index (χ0) is 15.6. The third kappa shape index (κ3) is 3.84. The molecule has 0 aliphatic carbocycles. The number of amides is 1. The summed E-state index contributed by atoms with van der Waals surface area (Å²) in [6, 6.07) is 5.39. The van der Waals surface area contributed by atoms with Gasteiger partial charge in [-0.3, -0.25) is 9.59 Å². The van der Waals surface area contributed by atoms with Crippen molar-refractivity contribution in [1.82, 2.24) is 9.78 Å². The summed E-state index contributed by atoms with van der Waals surface area (Å²) < 4.78 is 1.90. The second-order valence-corrected chi connectivity index (χ2v) is 5.92. The fourth-order valence-corrected chi connectivity index (χ4v) is 2.13. The molecule has 110 valence electrons. The third-order valence-corrected chi connectivity index (χ3v) is 4.32. The molecule has 21 heavy (non-hydrogen) atoms. The van der Waals surface area contributed by atoms with Gasteiger partial charge in [-0.1, -0.05) is 39.1 Å². The summed E-state index contributed by atoms with van der Waals surface area (Å²) in [6.07, 6.45) is 1.22. The largest absolute Gasteiger partial charge is 0.324 e. The fourth-order valence-electron chi connectivity index (χ4n) is 1.62. The number of rotatable bonds is 3. The number of benzene rings is 1. The first-order valence-electron chi connectivity index (χ1n) is 5.85. The van der Waals surface area contributed by atoms with Crippen LogP contribution < -0.4 is 10.9 Å². The molecule has 0 unspecified atom stereocenters. The molecular formula is C13H10BrCl2N3O2. The number of nitrogens with zero attached hydrogens (tertiary/aromatic N) is 2. The Balaban J connectivity index is 2.14. The molecular weight excluding hydrogens is 381 g/mol. The molecule has 5 nitrogen and oxygen atoms in total. The summed E-state index contributed by atoms with van der Waals surface area (Å²) in [5, 5.41) is 6.36. The van der Waals surface area contributed by atoms with Crippen molar-refractivity contribution in [3.05, 3.63) is 54.8 Å². The zero-order valence-electron chi connectivity index (χ0n) is 10.9. The summed E-state index contributed by atoms with van der Waals surface area (Å²) in [7, 11) is 0. The summed E-state index contributed by atoms with van der Waals surface area (Å²) in [5.41, 5.74) is 1.01. The SMILES string of the molecule is Cc1cc(NC(=O)Cn2ncc(Cl)c(Cl)c2=O)ccc1Br. The van der Waals surface area contributed by atoms with Gasteiger partial charge in [-0.2, -0.15) is 5.10 Å². The smallest absolute Gasteiger partial charge is 0.287 e. The average molecular weight is 391 g/mol. The lowest BCUT2D eigenvalue weighted by molar-refractivity contribution is -0.117. The van der Waals surface area contributed by atoms with Crippen LogP contribution in [0.15, 0.2) is 33.7 Å². The normalized spacial score (nSPS) is 10.5. The van der Waals surface area contributed by atoms with Crippen LogP contribution in [0, 0.1) is 6.92 Å². The van der Waals surface area contributed by atoms with Gasteiger partial charge in [0.05, 0.1) is 11.2 Å². The van der Waals surface area contributed by atoms with Crippen molar-refractivity contribution in [3.63, 3.8) is 0 Å². The van der Waals surface area contributed by atoms with Crippen molar-refractivity contribution in [3.8, 4) is 0 Å². The molecule has 0 saturated carbocycles. The van der Waals surface area contributed by atoms with E-state index in [0.717, 1.165) is 14.7 Å². The van der Waals surface area contributed by atoms with Gasteiger partial charge in [0.25, 0.3) is 5.56 Å². The van der Waals surface area contributed by atoms with Crippen LogP contribution in [0.1, 0.15) is 5.56 Å². The number of nitrogens with one attached hydrogen (secondary N) is 1. The first-order chi connectivity index (χ1) is 9.88. The Hall–Kier alpha value is -1.37. The molecule has 0 aliphatic rings. The fraction of sp³-hybridized carbons (Fsp3) is 0.154. The van der Waals surface area contributed by atoms with Crippen LogP contribution in [-0.2, 0) is 11.3 Å². The molecule has 1 amide bonds. The average Bonchev–Trinajstić information content (AvgIpc) is 2.44. The first-order valence-corrected chi connectivity index (χ1v) is 7.40. The Labute approximate surface area is 139 Å². The van der Waals surface area contributed by atoms with Crippen molar-refractivity contribution in [2.24, 2.45) is 0 Å². The monoisotopic (exact) mass is 389 g/mol. The molecule has 2 aromatic rings. The maximum Gasteiger partial charge on any atom is 0.287 e. The molecule has 1 aromatic heterocycles. The van der Waals surface area contributed by atoms with Gasteiger partial charge in [-0.25, -0.2) is 4.68 Å². The highest BCUT2D eigenvalue weighted by Crippen LogP contribution is 2.20. The molecule has 0 atom stereocenters. The third-order valence-electron chi connectivity index (χ3n) is 2.68. The Morgan fingerprint density at radius 3 is 2.81 bits per heavy atom. The summed E-state index contributed by atoms with van der Waals surface area (Å²) in [4.78, 5) is 23.7. The number of halogens is 3. The summed E-state index contributed by atoms with van der Waals surface area (Å²) >= 11 is 14.8. The molecule has 1 aromatic carbocycles. The molecule has 0 fully saturated rings. The van der Waals surface area contributed by atoms with Crippen molar-refractivity contribution < 1.29 is 4.79 Å². The molecule has 1 N–H and O–H groups in total. The molecule has 0 radical (unpaired) electrons. The number of aromatic nitrogens is 2. The standard InChI is InChI=1S/C13H10BrCl2N3O2/c1-7-4-8(2-3-9(7)14)18-11(20)6-19-13(21)12(16)10(15)5-17-19/h2-5H,6H2,1H3,(H,18,20). The minimum Gasteiger partial charge on any atom is -0.324 e. The second kappa shape index (κ2) is 6.60. The van der Waals surface area contributed by atoms with Crippen LogP contribution in [-0.4, -0.2) is 15.7 Å². The number of hydrogen-bond donors (Lipinski definition) is 1. The van der Waals surface area contributed by atoms with Gasteiger partial charge in [0, 0.05) is 10.2 Å². The summed E-state index contributed by atoms with van der Waals surface area (Å²) in [6.45, 7) is 1.66. The molecule has 2 rings (SSSR count). The van der Waals surface area contributed by atoms with Gasteiger partial charge < -0.3 is 5.32 Å². The Bertz CT molecular complexity index is 762. The number of anilines is 1. The number of carbonyl (C=O) groups is 1. The zero-order valence-corrected chi connectivity index (χ0v) is 14.0. The highest BCUT2D eigenvalue weighted by molar-refractivity contribution is 9.10. The lowest BCUT2D eigenvalue weighted by atomic mass is 10.2. The molecule has 8 heteroatoms. The van der Waals surface area contributed by atoms with E-state index in [1.54, 1.807) is 6.07 Å². The Kier molecular flexibility index (Phi) is 5.03. The van der Waals surface area contributed by atoms with Crippen LogP contribution in [0.5, 0.6) is 0 Å². The molecule has 1 heterocycles. The van der Waals surface area contributed by atoms with Gasteiger partial charge >= 0.3 is 0 Å². The van der Waals surface area contributed by atoms with Crippen LogP contribution in [0.4, 0.5) is 5.69 Å². The molecule has 0 aliphatic heterocycles. The Morgan fingerprint density at radius 2 is 2.14 bits per heavy atom. The highest BCUT2D eigenvalue weighted by atomic mass is 79.9. The van der Waals surface area contributed by atoms with Crippen molar-refractivity contribution in [2.45, 2.75) is 13.5 Å². The van der Waals surface area contributed by atoms with Gasteiger partial charge in [0.1, 0.15) is 11.6 Å². The van der Waals surface area contributed by atoms with E-state index in [4.69, 9.17) is 23.2 Å². The highest BCUT2D eigenvalue weighted by Gasteiger charge is 2.11. The van der Waals surface area contributed by atoms with Gasteiger partial charge in [-0.15, -0.1) is 0 Å². The van der Waals surface area contributed by atoms with Gasteiger partial charge in [-0.05, 0) is 30.7 Å². The number of carbonyl (C=O) groups excluding carboxylic acids is 1. The van der Waals surface area contributed by atoms with Crippen LogP contribution >= 0.6 is 39.1 Å². The molecule has 0 saturated heterocycles. The molecule has 0 bridgehead atoms. The van der Waals surface area contributed by atoms with Crippen molar-refractivity contribution in [1.29, 1.82) is 0 Å². The van der Waals surface area contributed by atoms with E-state index in [1.165, 1.54) is 6.20 Å². The summed E-state index contributed by atoms with van der Waals surface area (Å²) in [5.74, 6) is -0.385. The van der Waals surface area contributed by atoms with Crippen LogP contribution in [0.25, 0.3) is 0 Å². The maximum absolute atomic E-state index is 11.9. The van der Waals surface area contributed by atoms with E-state index in [2.05, 4.69) is 26.3 Å². The van der Waals surface area contributed by atoms with Crippen molar-refractivity contribution in [2.75, 3.05) is 5.32 Å². The van der Waals surface area contributed by atoms with Gasteiger partial charge in [0.15, 0.2) is 0 Å². The van der Waals surface area contributed by atoms with E-state index >= 15 is 0 Å². The van der Waals surface area contributed by atoms with Crippen LogP contribution in [0.2, 0.25) is 10.0 Å². The lowest BCUT2D eigenvalue weighted by Gasteiger charge is -2.08. The predicted octanol–water partition coefficient (Wildman–Crippen LogP) is 3.26.